The van der Waals surface area contributed by atoms with Gasteiger partial charge in [0.1, 0.15) is 12.4 Å². The number of rotatable bonds is 6. The van der Waals surface area contributed by atoms with Crippen LogP contribution in [0.3, 0.4) is 0 Å². The van der Waals surface area contributed by atoms with Crippen LogP contribution in [0.2, 0.25) is 0 Å². The zero-order valence-electron chi connectivity index (χ0n) is 10.9. The lowest BCUT2D eigenvalue weighted by Gasteiger charge is -2.12. The number of ether oxygens (including phenoxy) is 1. The number of hydrogen-bond acceptors (Lipinski definition) is 3. The summed E-state index contributed by atoms with van der Waals surface area (Å²) in [6, 6.07) is 5.17. The molecule has 3 N–H and O–H groups in total. The van der Waals surface area contributed by atoms with E-state index in [0.717, 1.165) is 6.42 Å². The first kappa shape index (κ1) is 14.1. The van der Waals surface area contributed by atoms with Gasteiger partial charge in [0.25, 0.3) is 5.91 Å². The molecule has 1 unspecified atom stereocenters. The third kappa shape index (κ3) is 3.80. The molecule has 0 aromatic heterocycles. The maximum Gasteiger partial charge on any atom is 0.251 e. The second kappa shape index (κ2) is 6.69. The smallest absolute Gasteiger partial charge is 0.251 e. The predicted molar refractivity (Wildman–Crippen MR) is 73.8 cm³/mol. The van der Waals surface area contributed by atoms with Gasteiger partial charge in [-0.1, -0.05) is 19.6 Å². The molecule has 0 fully saturated rings. The average molecular weight is 248 g/mol. The predicted octanol–water partition coefficient (Wildman–Crippen LogP) is 2.36. The van der Waals surface area contributed by atoms with E-state index in [1.54, 1.807) is 24.3 Å². The highest BCUT2D eigenvalue weighted by Crippen LogP contribution is 2.22. The Morgan fingerprint density at radius 3 is 2.89 bits per heavy atom. The van der Waals surface area contributed by atoms with Crippen molar-refractivity contribution in [1.29, 1.82) is 0 Å². The van der Waals surface area contributed by atoms with Crippen LogP contribution in [0.5, 0.6) is 5.75 Å². The Morgan fingerprint density at radius 1 is 1.61 bits per heavy atom. The number of anilines is 1. The second-order valence-electron chi connectivity index (χ2n) is 4.14. The molecular formula is C14H20N2O2. The first-order chi connectivity index (χ1) is 8.58. The molecule has 1 aromatic rings. The quantitative estimate of drug-likeness (QED) is 0.600. The molecule has 1 rings (SSSR count). The average Bonchev–Trinajstić information content (AvgIpc) is 2.37. The minimum absolute atomic E-state index is 0.119. The Kier molecular flexibility index (Phi) is 5.24. The molecule has 0 bridgehead atoms. The molecule has 0 aliphatic carbocycles. The van der Waals surface area contributed by atoms with Crippen molar-refractivity contribution in [2.24, 2.45) is 0 Å². The topological polar surface area (TPSA) is 64.3 Å². The summed E-state index contributed by atoms with van der Waals surface area (Å²) >= 11 is 0. The first-order valence-corrected chi connectivity index (χ1v) is 6.02. The molecule has 0 aliphatic rings. The van der Waals surface area contributed by atoms with Crippen molar-refractivity contribution in [2.75, 3.05) is 12.3 Å². The van der Waals surface area contributed by atoms with Gasteiger partial charge >= 0.3 is 0 Å². The van der Waals surface area contributed by atoms with Crippen molar-refractivity contribution < 1.29 is 9.53 Å². The van der Waals surface area contributed by atoms with Gasteiger partial charge < -0.3 is 15.8 Å². The minimum Gasteiger partial charge on any atom is -0.487 e. The Labute approximate surface area is 108 Å². The molecule has 1 amide bonds. The summed E-state index contributed by atoms with van der Waals surface area (Å²) in [5.74, 6) is 0.446. The summed E-state index contributed by atoms with van der Waals surface area (Å²) in [6.07, 6.45) is 2.53. The maximum absolute atomic E-state index is 11.9. The molecule has 1 atom stereocenters. The molecule has 0 aliphatic heterocycles. The van der Waals surface area contributed by atoms with Gasteiger partial charge in [-0.2, -0.15) is 0 Å². The van der Waals surface area contributed by atoms with Crippen molar-refractivity contribution in [2.45, 2.75) is 26.3 Å². The summed E-state index contributed by atoms with van der Waals surface area (Å²) in [5, 5.41) is 2.88. The zero-order chi connectivity index (χ0) is 13.5. The zero-order valence-corrected chi connectivity index (χ0v) is 10.9. The van der Waals surface area contributed by atoms with E-state index in [1.165, 1.54) is 0 Å². The molecule has 0 saturated heterocycles. The van der Waals surface area contributed by atoms with E-state index in [0.29, 0.717) is 23.6 Å². The van der Waals surface area contributed by atoms with Gasteiger partial charge in [-0.25, -0.2) is 0 Å². The van der Waals surface area contributed by atoms with Crippen molar-refractivity contribution in [3.05, 3.63) is 36.4 Å². The number of nitrogen functional groups attached to an aromatic ring is 1. The minimum atomic E-state index is -0.119. The summed E-state index contributed by atoms with van der Waals surface area (Å²) in [7, 11) is 0. The summed E-state index contributed by atoms with van der Waals surface area (Å²) in [6.45, 7) is 7.94. The fourth-order valence-corrected chi connectivity index (χ4v) is 1.38. The van der Waals surface area contributed by atoms with Crippen molar-refractivity contribution >= 4 is 11.6 Å². The SMILES string of the molecule is C=CCOc1ccc(C(=O)NC(C)CC)cc1N. The Hall–Kier alpha value is -1.97. The molecule has 4 heteroatoms. The highest BCUT2D eigenvalue weighted by atomic mass is 16.5. The van der Waals surface area contributed by atoms with E-state index in [9.17, 15) is 4.79 Å². The lowest BCUT2D eigenvalue weighted by Crippen LogP contribution is -2.31. The molecule has 1 aromatic carbocycles. The van der Waals surface area contributed by atoms with Gasteiger partial charge in [0, 0.05) is 11.6 Å². The van der Waals surface area contributed by atoms with Gasteiger partial charge in [-0.15, -0.1) is 0 Å². The van der Waals surface area contributed by atoms with Crippen LogP contribution in [-0.4, -0.2) is 18.6 Å². The molecule has 98 valence electrons. The molecule has 18 heavy (non-hydrogen) atoms. The number of hydrogen-bond donors (Lipinski definition) is 2. The normalized spacial score (nSPS) is 11.7. The summed E-state index contributed by atoms with van der Waals surface area (Å²) in [5.41, 5.74) is 6.82. The van der Waals surface area contributed by atoms with Crippen LogP contribution in [0.1, 0.15) is 30.6 Å². The fourth-order valence-electron chi connectivity index (χ4n) is 1.38. The van der Waals surface area contributed by atoms with Gasteiger partial charge in [0.05, 0.1) is 5.69 Å². The number of nitrogens with two attached hydrogens (primary N) is 1. The Balaban J connectivity index is 2.77. The summed E-state index contributed by atoms with van der Waals surface area (Å²) < 4.78 is 5.35. The summed E-state index contributed by atoms with van der Waals surface area (Å²) in [4.78, 5) is 11.9. The van der Waals surface area contributed by atoms with E-state index in [-0.39, 0.29) is 11.9 Å². The maximum atomic E-state index is 11.9. The Morgan fingerprint density at radius 2 is 2.33 bits per heavy atom. The number of carbonyl (C=O) groups is 1. The van der Waals surface area contributed by atoms with Crippen LogP contribution in [0.4, 0.5) is 5.69 Å². The monoisotopic (exact) mass is 248 g/mol. The molecule has 0 spiro atoms. The Bertz CT molecular complexity index is 430. The van der Waals surface area contributed by atoms with Crippen molar-refractivity contribution in [3.63, 3.8) is 0 Å². The van der Waals surface area contributed by atoms with E-state index < -0.39 is 0 Å². The first-order valence-electron chi connectivity index (χ1n) is 6.02. The number of carbonyl (C=O) groups excluding carboxylic acids is 1. The van der Waals surface area contributed by atoms with E-state index in [2.05, 4.69) is 11.9 Å². The van der Waals surface area contributed by atoms with Gasteiger partial charge in [0.2, 0.25) is 0 Å². The molecule has 0 saturated carbocycles. The molecule has 4 nitrogen and oxygen atoms in total. The lowest BCUT2D eigenvalue weighted by molar-refractivity contribution is 0.0939. The number of amides is 1. The van der Waals surface area contributed by atoms with Crippen LogP contribution < -0.4 is 15.8 Å². The van der Waals surface area contributed by atoms with Crippen LogP contribution in [0.25, 0.3) is 0 Å². The van der Waals surface area contributed by atoms with Crippen LogP contribution >= 0.6 is 0 Å². The number of nitrogens with one attached hydrogen (secondary N) is 1. The third-order valence-electron chi connectivity index (χ3n) is 2.62. The third-order valence-corrected chi connectivity index (χ3v) is 2.62. The lowest BCUT2D eigenvalue weighted by atomic mass is 10.1. The van der Waals surface area contributed by atoms with Crippen LogP contribution in [0.15, 0.2) is 30.9 Å². The van der Waals surface area contributed by atoms with Crippen molar-refractivity contribution in [3.8, 4) is 5.75 Å². The highest BCUT2D eigenvalue weighted by molar-refractivity contribution is 5.95. The number of benzene rings is 1. The molecular weight excluding hydrogens is 228 g/mol. The fraction of sp³-hybridized carbons (Fsp3) is 0.357. The highest BCUT2D eigenvalue weighted by Gasteiger charge is 2.10. The van der Waals surface area contributed by atoms with E-state index >= 15 is 0 Å². The van der Waals surface area contributed by atoms with Crippen molar-refractivity contribution in [1.82, 2.24) is 5.32 Å². The van der Waals surface area contributed by atoms with Crippen LogP contribution in [0, 0.1) is 0 Å². The van der Waals surface area contributed by atoms with Gasteiger partial charge in [-0.3, -0.25) is 4.79 Å². The van der Waals surface area contributed by atoms with Gasteiger partial charge in [0.15, 0.2) is 0 Å². The second-order valence-corrected chi connectivity index (χ2v) is 4.14. The van der Waals surface area contributed by atoms with E-state index in [4.69, 9.17) is 10.5 Å². The standard InChI is InChI=1S/C14H20N2O2/c1-4-8-18-13-7-6-11(9-12(13)15)14(17)16-10(3)5-2/h4,6-7,9-10H,1,5,8,15H2,2-3H3,(H,16,17). The largest absolute Gasteiger partial charge is 0.487 e. The van der Waals surface area contributed by atoms with E-state index in [1.807, 2.05) is 13.8 Å². The molecule has 0 radical (unpaired) electrons. The van der Waals surface area contributed by atoms with Crippen LogP contribution in [-0.2, 0) is 0 Å². The van der Waals surface area contributed by atoms with Gasteiger partial charge in [-0.05, 0) is 31.5 Å². The molecule has 0 heterocycles.